The Morgan fingerprint density at radius 3 is 2.92 bits per heavy atom. The summed E-state index contributed by atoms with van der Waals surface area (Å²) in [7, 11) is 0. The van der Waals surface area contributed by atoms with E-state index in [0.29, 0.717) is 10.6 Å². The van der Waals surface area contributed by atoms with Gasteiger partial charge in [0.2, 0.25) is 6.20 Å². The molecule has 0 amide bonds. The topological polar surface area (TPSA) is 56.0 Å². The fraction of sp³-hybridized carbons (Fsp3) is 0.125. The summed E-state index contributed by atoms with van der Waals surface area (Å²) in [5.74, 6) is 0. The molecular formula is C8H7ClN2O2. The molecule has 1 heterocycles. The Hall–Kier alpha value is -1.42. The second-order valence-electron chi connectivity index (χ2n) is 2.46. The molecule has 0 aromatic carbocycles. The summed E-state index contributed by atoms with van der Waals surface area (Å²) < 4.78 is 0. The highest BCUT2D eigenvalue weighted by molar-refractivity contribution is 6.32. The van der Waals surface area contributed by atoms with Crippen LogP contribution in [0.25, 0.3) is 6.08 Å². The highest BCUT2D eigenvalue weighted by Gasteiger charge is 2.00. The first kappa shape index (κ1) is 9.67. The normalized spacial score (nSPS) is 10.6. The molecule has 0 aliphatic rings. The molecule has 0 N–H and O–H groups in total. The van der Waals surface area contributed by atoms with E-state index in [1.54, 1.807) is 13.1 Å². The second kappa shape index (κ2) is 4.00. The Labute approximate surface area is 80.0 Å². The molecule has 0 radical (unpaired) electrons. The number of hydrogen-bond donors (Lipinski definition) is 0. The lowest BCUT2D eigenvalue weighted by Gasteiger charge is -1.98. The predicted molar refractivity (Wildman–Crippen MR) is 50.0 cm³/mol. The van der Waals surface area contributed by atoms with Gasteiger partial charge in [0.05, 0.1) is 9.95 Å². The van der Waals surface area contributed by atoms with Gasteiger partial charge in [0.1, 0.15) is 0 Å². The van der Waals surface area contributed by atoms with Crippen LogP contribution in [0.1, 0.15) is 11.1 Å². The molecule has 4 nitrogen and oxygen atoms in total. The molecular weight excluding hydrogens is 192 g/mol. The molecule has 0 atom stereocenters. The van der Waals surface area contributed by atoms with Crippen LogP contribution in [0.5, 0.6) is 0 Å². The number of aromatic nitrogens is 1. The van der Waals surface area contributed by atoms with Gasteiger partial charge in [-0.15, -0.1) is 0 Å². The third-order valence-corrected chi connectivity index (χ3v) is 1.97. The summed E-state index contributed by atoms with van der Waals surface area (Å²) in [4.78, 5) is 13.3. The van der Waals surface area contributed by atoms with Gasteiger partial charge in [-0.3, -0.25) is 15.1 Å². The summed E-state index contributed by atoms with van der Waals surface area (Å²) in [6.45, 7) is 1.79. The van der Waals surface area contributed by atoms with Crippen molar-refractivity contribution in [2.75, 3.05) is 0 Å². The van der Waals surface area contributed by atoms with Crippen LogP contribution < -0.4 is 0 Å². The number of aryl methyl sites for hydroxylation is 1. The standard InChI is InChI=1S/C8H7ClN2O2/c1-6-4-10-5-7(8(6)9)2-3-11(12)13/h2-5H,1H3. The lowest BCUT2D eigenvalue weighted by atomic mass is 10.2. The lowest BCUT2D eigenvalue weighted by molar-refractivity contribution is -0.400. The first-order valence-electron chi connectivity index (χ1n) is 3.53. The summed E-state index contributed by atoms with van der Waals surface area (Å²) in [5, 5.41) is 10.5. The van der Waals surface area contributed by atoms with Crippen molar-refractivity contribution < 1.29 is 4.92 Å². The molecule has 5 heteroatoms. The monoisotopic (exact) mass is 198 g/mol. The molecule has 0 saturated carbocycles. The van der Waals surface area contributed by atoms with Crippen LogP contribution in [0.3, 0.4) is 0 Å². The molecule has 0 aliphatic carbocycles. The smallest absolute Gasteiger partial charge is 0.235 e. The highest BCUT2D eigenvalue weighted by atomic mass is 35.5. The lowest BCUT2D eigenvalue weighted by Crippen LogP contribution is -1.86. The maximum absolute atomic E-state index is 10.0. The summed E-state index contributed by atoms with van der Waals surface area (Å²) >= 11 is 5.86. The van der Waals surface area contributed by atoms with E-state index in [2.05, 4.69) is 4.98 Å². The molecule has 1 aromatic rings. The van der Waals surface area contributed by atoms with E-state index in [4.69, 9.17) is 11.6 Å². The average Bonchev–Trinajstić information content (AvgIpc) is 2.07. The number of nitro groups is 1. The van der Waals surface area contributed by atoms with Crippen molar-refractivity contribution in [2.24, 2.45) is 0 Å². The number of hydrogen-bond acceptors (Lipinski definition) is 3. The minimum Gasteiger partial charge on any atom is -0.264 e. The van der Waals surface area contributed by atoms with Crippen LogP contribution in [0.2, 0.25) is 5.02 Å². The largest absolute Gasteiger partial charge is 0.264 e. The second-order valence-corrected chi connectivity index (χ2v) is 2.84. The zero-order chi connectivity index (χ0) is 9.84. The average molecular weight is 199 g/mol. The van der Waals surface area contributed by atoms with E-state index in [-0.39, 0.29) is 0 Å². The minimum atomic E-state index is -0.543. The van der Waals surface area contributed by atoms with E-state index in [1.807, 2.05) is 0 Å². The van der Waals surface area contributed by atoms with Gasteiger partial charge in [0.15, 0.2) is 0 Å². The summed E-state index contributed by atoms with van der Waals surface area (Å²) in [6.07, 6.45) is 5.24. The number of pyridine rings is 1. The van der Waals surface area contributed by atoms with Crippen molar-refractivity contribution in [3.8, 4) is 0 Å². The molecule has 68 valence electrons. The van der Waals surface area contributed by atoms with Gasteiger partial charge < -0.3 is 0 Å². The van der Waals surface area contributed by atoms with E-state index in [1.165, 1.54) is 12.3 Å². The maximum atomic E-state index is 10.0. The zero-order valence-corrected chi connectivity index (χ0v) is 7.65. The van der Waals surface area contributed by atoms with Crippen LogP contribution in [-0.2, 0) is 0 Å². The summed E-state index contributed by atoms with van der Waals surface area (Å²) in [6, 6.07) is 0. The zero-order valence-electron chi connectivity index (χ0n) is 6.90. The van der Waals surface area contributed by atoms with E-state index in [0.717, 1.165) is 11.8 Å². The van der Waals surface area contributed by atoms with E-state index < -0.39 is 4.92 Å². The first-order valence-corrected chi connectivity index (χ1v) is 3.91. The quantitative estimate of drug-likeness (QED) is 0.541. The highest BCUT2D eigenvalue weighted by Crippen LogP contribution is 2.19. The Morgan fingerprint density at radius 2 is 2.31 bits per heavy atom. The SMILES string of the molecule is Cc1cncc(C=C[N+](=O)[O-])c1Cl. The van der Waals surface area contributed by atoms with Crippen molar-refractivity contribution >= 4 is 17.7 Å². The van der Waals surface area contributed by atoms with Crippen LogP contribution in [0, 0.1) is 17.0 Å². The molecule has 0 bridgehead atoms. The summed E-state index contributed by atoms with van der Waals surface area (Å²) in [5.41, 5.74) is 1.35. The third-order valence-electron chi connectivity index (χ3n) is 1.46. The van der Waals surface area contributed by atoms with Gasteiger partial charge >= 0.3 is 0 Å². The van der Waals surface area contributed by atoms with Crippen LogP contribution in [0.4, 0.5) is 0 Å². The van der Waals surface area contributed by atoms with Gasteiger partial charge in [0, 0.05) is 24.0 Å². The minimum absolute atomic E-state index is 0.494. The Balaban J connectivity index is 3.02. The molecule has 0 saturated heterocycles. The first-order chi connectivity index (χ1) is 6.11. The predicted octanol–water partition coefficient (Wildman–Crippen LogP) is 2.29. The fourth-order valence-corrected chi connectivity index (χ4v) is 0.988. The van der Waals surface area contributed by atoms with Crippen molar-refractivity contribution in [1.29, 1.82) is 0 Å². The van der Waals surface area contributed by atoms with Crippen molar-refractivity contribution in [3.05, 3.63) is 44.9 Å². The van der Waals surface area contributed by atoms with Crippen molar-refractivity contribution in [2.45, 2.75) is 6.92 Å². The van der Waals surface area contributed by atoms with Crippen LogP contribution in [0.15, 0.2) is 18.6 Å². The van der Waals surface area contributed by atoms with Gasteiger partial charge in [0.25, 0.3) is 0 Å². The van der Waals surface area contributed by atoms with Crippen molar-refractivity contribution in [1.82, 2.24) is 4.98 Å². The van der Waals surface area contributed by atoms with Crippen LogP contribution in [-0.4, -0.2) is 9.91 Å². The molecule has 0 fully saturated rings. The van der Waals surface area contributed by atoms with Gasteiger partial charge in [-0.1, -0.05) is 11.6 Å². The van der Waals surface area contributed by atoms with E-state index >= 15 is 0 Å². The van der Waals surface area contributed by atoms with E-state index in [9.17, 15) is 10.1 Å². The maximum Gasteiger partial charge on any atom is 0.235 e. The molecule has 0 spiro atoms. The Bertz CT molecular complexity index is 363. The van der Waals surface area contributed by atoms with Crippen LogP contribution >= 0.6 is 11.6 Å². The van der Waals surface area contributed by atoms with Gasteiger partial charge in [-0.05, 0) is 12.5 Å². The number of rotatable bonds is 2. The molecule has 1 rings (SSSR count). The molecule has 1 aromatic heterocycles. The number of nitrogens with zero attached hydrogens (tertiary/aromatic N) is 2. The Morgan fingerprint density at radius 1 is 1.62 bits per heavy atom. The number of halogens is 1. The fourth-order valence-electron chi connectivity index (χ4n) is 0.828. The third kappa shape index (κ3) is 2.52. The molecule has 0 aliphatic heterocycles. The molecule has 0 unspecified atom stereocenters. The van der Waals surface area contributed by atoms with Gasteiger partial charge in [-0.2, -0.15) is 0 Å². The van der Waals surface area contributed by atoms with Crippen molar-refractivity contribution in [3.63, 3.8) is 0 Å². The van der Waals surface area contributed by atoms with Gasteiger partial charge in [-0.25, -0.2) is 0 Å². The molecule has 13 heavy (non-hydrogen) atoms. The Kier molecular flexibility index (Phi) is 2.97.